The lowest BCUT2D eigenvalue weighted by molar-refractivity contribution is -0.00946. The molecule has 3 fully saturated rings. The van der Waals surface area contributed by atoms with Gasteiger partial charge in [-0.3, -0.25) is 10.00 Å². The minimum absolute atomic E-state index is 0.209. The van der Waals surface area contributed by atoms with Crippen LogP contribution in [0.4, 0.5) is 10.2 Å². The zero-order valence-corrected chi connectivity index (χ0v) is 21.3. The van der Waals surface area contributed by atoms with Crippen LogP contribution in [0.15, 0.2) is 48.7 Å². The van der Waals surface area contributed by atoms with E-state index in [4.69, 9.17) is 14.7 Å². The zero-order valence-electron chi connectivity index (χ0n) is 21.3. The Hall–Kier alpha value is -3.85. The van der Waals surface area contributed by atoms with Crippen molar-refractivity contribution in [2.45, 2.75) is 45.3 Å². The van der Waals surface area contributed by atoms with Crippen LogP contribution in [0.25, 0.3) is 11.4 Å². The highest BCUT2D eigenvalue weighted by molar-refractivity contribution is 5.57. The number of anilines is 1. The number of aromatic amines is 1. The molecule has 37 heavy (non-hydrogen) atoms. The number of benzene rings is 1. The second kappa shape index (κ2) is 9.55. The maximum absolute atomic E-state index is 14.5. The highest BCUT2D eigenvalue weighted by Crippen LogP contribution is 2.36. The van der Waals surface area contributed by atoms with E-state index in [1.165, 1.54) is 6.07 Å². The first-order valence-electron chi connectivity index (χ1n) is 12.6. The first kappa shape index (κ1) is 23.5. The van der Waals surface area contributed by atoms with Crippen LogP contribution < -0.4 is 9.64 Å². The van der Waals surface area contributed by atoms with Gasteiger partial charge in [-0.25, -0.2) is 19.3 Å². The first-order chi connectivity index (χ1) is 17.9. The lowest BCUT2D eigenvalue weighted by Crippen LogP contribution is -2.68. The van der Waals surface area contributed by atoms with Gasteiger partial charge in [0.25, 0.3) is 0 Å². The molecule has 190 valence electrons. The molecule has 8 nitrogen and oxygen atoms in total. The number of ether oxygens (including phenoxy) is 1. The smallest absolute Gasteiger partial charge is 0.161 e. The Balaban J connectivity index is 1.12. The number of piperazine rings is 1. The Labute approximate surface area is 215 Å². The fourth-order valence-corrected chi connectivity index (χ4v) is 5.42. The van der Waals surface area contributed by atoms with E-state index in [1.807, 2.05) is 50.4 Å². The van der Waals surface area contributed by atoms with E-state index >= 15 is 0 Å². The number of rotatable bonds is 7. The van der Waals surface area contributed by atoms with E-state index in [0.717, 1.165) is 53.7 Å². The number of fused-ring (bicyclic) bond motifs is 2. The van der Waals surface area contributed by atoms with E-state index in [2.05, 4.69) is 31.0 Å². The molecule has 0 spiro atoms. The van der Waals surface area contributed by atoms with Crippen molar-refractivity contribution in [3.05, 3.63) is 82.8 Å². The number of halogens is 1. The number of H-pyrrole nitrogens is 1. The van der Waals surface area contributed by atoms with E-state index < -0.39 is 0 Å². The summed E-state index contributed by atoms with van der Waals surface area (Å²) in [6.07, 6.45) is 3.65. The molecule has 3 aliphatic heterocycles. The molecule has 1 N–H and O–H groups in total. The number of aromatic nitrogens is 5. The third-order valence-electron chi connectivity index (χ3n) is 7.32. The van der Waals surface area contributed by atoms with Crippen LogP contribution in [-0.4, -0.2) is 62.3 Å². The lowest BCUT2D eigenvalue weighted by Gasteiger charge is -2.56. The topological polar surface area (TPSA) is 83.1 Å². The van der Waals surface area contributed by atoms with Crippen LogP contribution in [-0.2, 0) is 13.0 Å². The number of methoxy groups -OCH3 is 1. The summed E-state index contributed by atoms with van der Waals surface area (Å²) < 4.78 is 19.6. The minimum Gasteiger partial charge on any atom is -0.497 e. The van der Waals surface area contributed by atoms with Crippen molar-refractivity contribution in [2.75, 3.05) is 25.1 Å². The maximum atomic E-state index is 14.5. The largest absolute Gasteiger partial charge is 0.497 e. The molecule has 9 heteroatoms. The average Bonchev–Trinajstić information content (AvgIpc) is 3.31. The SMILES string of the molecule is COc1ccc(CN2C3CC2CN(c2ccc(-c4nc(C)cc(Cc5cc(C)[nH]n5)n4)cn2)C3)c(F)c1. The van der Waals surface area contributed by atoms with E-state index in [0.29, 0.717) is 42.2 Å². The predicted molar refractivity (Wildman–Crippen MR) is 139 cm³/mol. The summed E-state index contributed by atoms with van der Waals surface area (Å²) in [7, 11) is 1.55. The number of hydrogen-bond donors (Lipinski definition) is 1. The quantitative estimate of drug-likeness (QED) is 0.410. The highest BCUT2D eigenvalue weighted by atomic mass is 19.1. The summed E-state index contributed by atoms with van der Waals surface area (Å²) >= 11 is 0. The normalized spacial score (nSPS) is 19.1. The van der Waals surface area contributed by atoms with Crippen molar-refractivity contribution in [3.63, 3.8) is 0 Å². The van der Waals surface area contributed by atoms with Gasteiger partial charge in [-0.1, -0.05) is 6.07 Å². The molecule has 4 aromatic rings. The second-order valence-electron chi connectivity index (χ2n) is 10.0. The summed E-state index contributed by atoms with van der Waals surface area (Å²) in [5, 5.41) is 7.31. The number of pyridine rings is 1. The summed E-state index contributed by atoms with van der Waals surface area (Å²) in [6, 6.07) is 14.0. The average molecular weight is 500 g/mol. The van der Waals surface area contributed by atoms with Gasteiger partial charge in [-0.2, -0.15) is 5.10 Å². The first-order valence-corrected chi connectivity index (χ1v) is 12.6. The fraction of sp³-hybridized carbons (Fsp3) is 0.357. The van der Waals surface area contributed by atoms with Gasteiger partial charge in [0.15, 0.2) is 5.82 Å². The maximum Gasteiger partial charge on any atom is 0.161 e. The molecule has 1 aromatic carbocycles. The van der Waals surface area contributed by atoms with Gasteiger partial charge in [-0.05, 0) is 50.6 Å². The second-order valence-corrected chi connectivity index (χ2v) is 10.0. The van der Waals surface area contributed by atoms with Gasteiger partial charge in [-0.15, -0.1) is 0 Å². The molecular formula is C28H30FN7O. The number of piperidine rings is 1. The van der Waals surface area contributed by atoms with Gasteiger partial charge < -0.3 is 9.64 Å². The summed E-state index contributed by atoms with van der Waals surface area (Å²) in [6.45, 7) is 6.36. The molecule has 2 atom stereocenters. The van der Waals surface area contributed by atoms with Gasteiger partial charge in [0.05, 0.1) is 18.5 Å². The molecule has 0 radical (unpaired) electrons. The Morgan fingerprint density at radius 1 is 1.03 bits per heavy atom. The highest BCUT2D eigenvalue weighted by Gasteiger charge is 2.44. The minimum atomic E-state index is -0.209. The van der Waals surface area contributed by atoms with Crippen LogP contribution in [0.5, 0.6) is 5.75 Å². The molecule has 2 unspecified atom stereocenters. The molecule has 7 rings (SSSR count). The van der Waals surface area contributed by atoms with E-state index in [9.17, 15) is 4.39 Å². The van der Waals surface area contributed by atoms with Crippen molar-refractivity contribution in [2.24, 2.45) is 0 Å². The lowest BCUT2D eigenvalue weighted by atomic mass is 9.86. The summed E-state index contributed by atoms with van der Waals surface area (Å²) in [5.41, 5.74) is 5.45. The molecule has 0 amide bonds. The van der Waals surface area contributed by atoms with Crippen LogP contribution >= 0.6 is 0 Å². The predicted octanol–water partition coefficient (Wildman–Crippen LogP) is 4.08. The molecule has 3 aromatic heterocycles. The number of nitrogens with zero attached hydrogens (tertiary/aromatic N) is 6. The Morgan fingerprint density at radius 2 is 1.86 bits per heavy atom. The van der Waals surface area contributed by atoms with Gasteiger partial charge in [0.2, 0.25) is 0 Å². The van der Waals surface area contributed by atoms with Crippen LogP contribution in [0.3, 0.4) is 0 Å². The fourth-order valence-electron chi connectivity index (χ4n) is 5.42. The van der Waals surface area contributed by atoms with Crippen molar-refractivity contribution >= 4 is 5.82 Å². The summed E-state index contributed by atoms with van der Waals surface area (Å²) in [5.74, 6) is 1.97. The number of aryl methyl sites for hydroxylation is 2. The van der Waals surface area contributed by atoms with Gasteiger partial charge in [0, 0.05) is 72.9 Å². The van der Waals surface area contributed by atoms with Crippen LogP contribution in [0, 0.1) is 19.7 Å². The molecule has 0 aliphatic carbocycles. The Kier molecular flexibility index (Phi) is 6.08. The standard InChI is InChI=1S/C28H30FN7O/c1-17-8-21(10-22-9-18(2)33-34-22)32-28(31-17)19-5-7-27(30-13-19)35-15-23-11-24(16-35)36(23)14-20-4-6-25(37-3)12-26(20)29/h4-9,12-13,23-24H,10-11,14-16H2,1-3H3,(H,33,34). The number of nitrogens with one attached hydrogen (secondary N) is 1. The molecule has 2 bridgehead atoms. The molecule has 6 heterocycles. The molecular weight excluding hydrogens is 469 g/mol. The summed E-state index contributed by atoms with van der Waals surface area (Å²) in [4.78, 5) is 18.9. The zero-order chi connectivity index (χ0) is 25.5. The van der Waals surface area contributed by atoms with Gasteiger partial charge >= 0.3 is 0 Å². The third kappa shape index (κ3) is 4.79. The molecule has 3 saturated heterocycles. The van der Waals surface area contributed by atoms with E-state index in [-0.39, 0.29) is 5.82 Å². The Morgan fingerprint density at radius 3 is 2.54 bits per heavy atom. The molecule has 3 aliphatic rings. The van der Waals surface area contributed by atoms with Crippen LogP contribution in [0.2, 0.25) is 0 Å². The van der Waals surface area contributed by atoms with Crippen LogP contribution in [0.1, 0.15) is 34.8 Å². The van der Waals surface area contributed by atoms with Crippen molar-refractivity contribution in [1.82, 2.24) is 30.0 Å². The third-order valence-corrected chi connectivity index (χ3v) is 7.32. The molecule has 0 saturated carbocycles. The van der Waals surface area contributed by atoms with E-state index in [1.54, 1.807) is 7.11 Å². The number of hydrogen-bond acceptors (Lipinski definition) is 7. The monoisotopic (exact) mass is 499 g/mol. The van der Waals surface area contributed by atoms with Crippen molar-refractivity contribution in [1.29, 1.82) is 0 Å². The Bertz CT molecular complexity index is 1410. The van der Waals surface area contributed by atoms with Crippen molar-refractivity contribution in [3.8, 4) is 17.1 Å². The van der Waals surface area contributed by atoms with Crippen molar-refractivity contribution < 1.29 is 9.13 Å². The van der Waals surface area contributed by atoms with Gasteiger partial charge in [0.1, 0.15) is 17.4 Å².